The van der Waals surface area contributed by atoms with Crippen LogP contribution in [0.2, 0.25) is 0 Å². The summed E-state index contributed by atoms with van der Waals surface area (Å²) in [6, 6.07) is -1.20. The lowest BCUT2D eigenvalue weighted by molar-refractivity contribution is -0.303. The molecule has 1 rings (SSSR count). The lowest BCUT2D eigenvalue weighted by Crippen LogP contribution is -2.60. The van der Waals surface area contributed by atoms with E-state index in [2.05, 4.69) is 67.8 Å². The predicted molar refractivity (Wildman–Crippen MR) is 381 cm³/mol. The van der Waals surface area contributed by atoms with E-state index in [-0.39, 0.29) is 12.8 Å². The third-order valence-electron chi connectivity index (χ3n) is 18.8. The number of unbranched alkanes of at least 4 members (excludes halogenated alkanes) is 49. The Balaban J connectivity index is 2.18. The van der Waals surface area contributed by atoms with Gasteiger partial charge in [0.2, 0.25) is 5.91 Å². The van der Waals surface area contributed by atoms with Crippen LogP contribution < -0.4 is 5.32 Å². The molecular weight excluding hydrogens is 1120 g/mol. The van der Waals surface area contributed by atoms with Crippen molar-refractivity contribution in [1.29, 1.82) is 0 Å². The fraction of sp³-hybridized carbons (Fsp3) is 0.886. The summed E-state index contributed by atoms with van der Waals surface area (Å²) in [7, 11) is 0. The largest absolute Gasteiger partial charge is 0.394 e. The monoisotopic (exact) mass is 1270 g/mol. The zero-order chi connectivity index (χ0) is 65.3. The number of amides is 1. The van der Waals surface area contributed by atoms with Crippen molar-refractivity contribution in [3.8, 4) is 0 Å². The minimum Gasteiger partial charge on any atom is -0.394 e. The molecule has 1 fully saturated rings. The van der Waals surface area contributed by atoms with Crippen LogP contribution in [-0.2, 0) is 14.3 Å². The summed E-state index contributed by atoms with van der Waals surface area (Å²) in [5.41, 5.74) is 0. The van der Waals surface area contributed by atoms with Crippen LogP contribution in [0.25, 0.3) is 0 Å². The van der Waals surface area contributed by atoms with E-state index < -0.39 is 74.2 Å². The molecule has 1 amide bonds. The van der Waals surface area contributed by atoms with Crippen LogP contribution in [-0.4, -0.2) is 110 Å². The second-order valence-electron chi connectivity index (χ2n) is 27.4. The Morgan fingerprint density at radius 3 is 0.989 bits per heavy atom. The highest BCUT2D eigenvalue weighted by molar-refractivity contribution is 5.80. The topological polar surface area (TPSA) is 189 Å². The molecule has 11 heteroatoms. The van der Waals surface area contributed by atoms with Crippen LogP contribution in [0.3, 0.4) is 0 Å². The fourth-order valence-electron chi connectivity index (χ4n) is 12.6. The number of hydrogen-bond acceptors (Lipinski definition) is 10. The van der Waals surface area contributed by atoms with Crippen LogP contribution in [0.5, 0.6) is 0 Å². The Morgan fingerprint density at radius 2 is 0.667 bits per heavy atom. The van der Waals surface area contributed by atoms with E-state index in [9.17, 15) is 40.5 Å². The first-order chi connectivity index (χ1) is 44.2. The zero-order valence-electron chi connectivity index (χ0n) is 58.9. The highest BCUT2D eigenvalue weighted by Crippen LogP contribution is 2.24. The molecule has 0 spiro atoms. The van der Waals surface area contributed by atoms with Gasteiger partial charge in [0.1, 0.15) is 36.6 Å². The van der Waals surface area contributed by atoms with Crippen molar-refractivity contribution in [3.05, 3.63) is 48.6 Å². The molecule has 0 radical (unpaired) electrons. The quantitative estimate of drug-likeness (QED) is 0.0215. The third kappa shape index (κ3) is 53.3. The van der Waals surface area contributed by atoms with E-state index in [4.69, 9.17) is 9.47 Å². The molecule has 0 aromatic carbocycles. The fourth-order valence-corrected chi connectivity index (χ4v) is 12.6. The van der Waals surface area contributed by atoms with Gasteiger partial charge in [0.15, 0.2) is 6.29 Å². The summed E-state index contributed by atoms with van der Waals surface area (Å²) in [5, 5.41) is 76.6. The standard InChI is InChI=1S/C79H149NO10/c1-3-5-7-9-11-13-15-17-19-21-23-25-27-29-31-33-35-37-39-41-43-45-47-49-51-53-55-57-59-61-63-65-67-72(83)78(88)80-70(69-89-79-77(87)76(86)75(85)73(68-81)90-79)74(84)71(82)66-64-62-60-58-56-54-52-50-48-46-44-42-40-38-36-34-32-30-28-26-24-22-20-18-16-14-12-10-8-6-4-2/h29,31,42,44,50,52,58,60,70-77,79,81-87H,3-28,30,32-41,43,45-49,51,53-57,59,61-69H2,1-2H3,(H,80,88)/b31-29-,44-42+,52-50+,60-58+. The van der Waals surface area contributed by atoms with E-state index >= 15 is 0 Å². The smallest absolute Gasteiger partial charge is 0.249 e. The number of carbonyl (C=O) groups excluding carboxylic acids is 1. The maximum absolute atomic E-state index is 13.3. The van der Waals surface area contributed by atoms with Crippen molar-refractivity contribution in [1.82, 2.24) is 5.32 Å². The van der Waals surface area contributed by atoms with Crippen molar-refractivity contribution in [2.45, 2.75) is 435 Å². The normalized spacial score (nSPS) is 18.7. The Morgan fingerprint density at radius 1 is 0.378 bits per heavy atom. The van der Waals surface area contributed by atoms with Gasteiger partial charge in [-0.15, -0.1) is 0 Å². The molecule has 11 nitrogen and oxygen atoms in total. The van der Waals surface area contributed by atoms with E-state index in [1.807, 2.05) is 0 Å². The van der Waals surface area contributed by atoms with Crippen LogP contribution in [0.4, 0.5) is 0 Å². The SMILES string of the molecule is CCCCCCCCCCCCCC/C=C\CCCCCCCCCCCCCCCCCCC(O)C(=O)NC(COC1OC(CO)C(O)C(O)C1O)C(O)C(O)CCC/C=C/CC/C=C/CC/C=C/CCCCCCCCCCCCCCCCCCCC. The molecule has 9 unspecified atom stereocenters. The van der Waals surface area contributed by atoms with E-state index in [1.165, 1.54) is 289 Å². The molecule has 1 aliphatic rings. The second-order valence-corrected chi connectivity index (χ2v) is 27.4. The summed E-state index contributed by atoms with van der Waals surface area (Å²) in [4.78, 5) is 13.3. The van der Waals surface area contributed by atoms with Crippen molar-refractivity contribution in [3.63, 3.8) is 0 Å². The van der Waals surface area contributed by atoms with Crippen molar-refractivity contribution in [2.24, 2.45) is 0 Å². The molecule has 0 bridgehead atoms. The van der Waals surface area contributed by atoms with Crippen molar-refractivity contribution >= 4 is 5.91 Å². The van der Waals surface area contributed by atoms with Gasteiger partial charge in [-0.3, -0.25) is 4.79 Å². The molecule has 90 heavy (non-hydrogen) atoms. The number of hydrogen-bond donors (Lipinski definition) is 8. The number of aliphatic hydroxyl groups is 7. The van der Waals surface area contributed by atoms with Gasteiger partial charge in [-0.2, -0.15) is 0 Å². The average Bonchev–Trinajstić information content (AvgIpc) is 1.35. The maximum atomic E-state index is 13.3. The van der Waals surface area contributed by atoms with Gasteiger partial charge in [0.25, 0.3) is 0 Å². The molecule has 1 aliphatic heterocycles. The van der Waals surface area contributed by atoms with Gasteiger partial charge in [0, 0.05) is 0 Å². The van der Waals surface area contributed by atoms with E-state index in [0.29, 0.717) is 19.3 Å². The van der Waals surface area contributed by atoms with Crippen LogP contribution >= 0.6 is 0 Å². The Bertz CT molecular complexity index is 1610. The summed E-state index contributed by atoms with van der Waals surface area (Å²) < 4.78 is 11.2. The van der Waals surface area contributed by atoms with Gasteiger partial charge in [-0.25, -0.2) is 0 Å². The number of nitrogens with one attached hydrogen (secondary N) is 1. The van der Waals surface area contributed by atoms with Crippen LogP contribution in [0.15, 0.2) is 48.6 Å². The first kappa shape index (κ1) is 86.1. The zero-order valence-corrected chi connectivity index (χ0v) is 58.9. The van der Waals surface area contributed by atoms with E-state index in [0.717, 1.165) is 44.9 Å². The molecule has 1 saturated heterocycles. The Hall–Kier alpha value is -1.93. The van der Waals surface area contributed by atoms with Gasteiger partial charge in [-0.1, -0.05) is 339 Å². The lowest BCUT2D eigenvalue weighted by atomic mass is 9.98. The average molecular weight is 1270 g/mol. The van der Waals surface area contributed by atoms with Gasteiger partial charge in [0.05, 0.1) is 25.4 Å². The maximum Gasteiger partial charge on any atom is 0.249 e. The van der Waals surface area contributed by atoms with Crippen LogP contribution in [0, 0.1) is 0 Å². The summed E-state index contributed by atoms with van der Waals surface area (Å²) >= 11 is 0. The molecule has 0 saturated carbocycles. The Kier molecular flexibility index (Phi) is 64.1. The van der Waals surface area contributed by atoms with Crippen molar-refractivity contribution < 1.29 is 50.0 Å². The predicted octanol–water partition coefficient (Wildman–Crippen LogP) is 19.9. The molecule has 8 N–H and O–H groups in total. The van der Waals surface area contributed by atoms with Gasteiger partial charge in [-0.05, 0) is 89.9 Å². The van der Waals surface area contributed by atoms with Gasteiger partial charge < -0.3 is 50.5 Å². The lowest BCUT2D eigenvalue weighted by Gasteiger charge is -2.40. The van der Waals surface area contributed by atoms with E-state index in [1.54, 1.807) is 0 Å². The number of aliphatic hydroxyl groups excluding tert-OH is 7. The summed E-state index contributed by atoms with van der Waals surface area (Å²) in [5.74, 6) is -0.707. The number of ether oxygens (including phenoxy) is 2. The molecule has 9 atom stereocenters. The first-order valence-electron chi connectivity index (χ1n) is 39.0. The Labute approximate surface area is 555 Å². The molecule has 530 valence electrons. The minimum atomic E-state index is -1.68. The number of allylic oxidation sites excluding steroid dienone is 8. The second kappa shape index (κ2) is 67.1. The number of carbonyl (C=O) groups is 1. The van der Waals surface area contributed by atoms with Gasteiger partial charge >= 0.3 is 0 Å². The number of rotatable bonds is 69. The van der Waals surface area contributed by atoms with Crippen molar-refractivity contribution in [2.75, 3.05) is 13.2 Å². The summed E-state index contributed by atoms with van der Waals surface area (Å²) in [6.07, 6.45) is 78.0. The summed E-state index contributed by atoms with van der Waals surface area (Å²) in [6.45, 7) is 3.50. The molecule has 0 aliphatic carbocycles. The third-order valence-corrected chi connectivity index (χ3v) is 18.8. The molecule has 0 aromatic heterocycles. The molecule has 0 aromatic rings. The highest BCUT2D eigenvalue weighted by atomic mass is 16.7. The first-order valence-corrected chi connectivity index (χ1v) is 39.0. The van der Waals surface area contributed by atoms with Crippen LogP contribution in [0.1, 0.15) is 380 Å². The molecule has 1 heterocycles. The highest BCUT2D eigenvalue weighted by Gasteiger charge is 2.44. The minimum absolute atomic E-state index is 0.242. The molecular formula is C79H149NO10.